The van der Waals surface area contributed by atoms with Crippen LogP contribution in [0.5, 0.6) is 0 Å². The number of aromatic nitrogens is 1. The third-order valence-corrected chi connectivity index (χ3v) is 8.06. The number of nitrogens with zero attached hydrogens (tertiary/aromatic N) is 2. The fraction of sp³-hybridized carbons (Fsp3) is 0.429. The van der Waals surface area contributed by atoms with Gasteiger partial charge in [0.1, 0.15) is 0 Å². The Morgan fingerprint density at radius 2 is 1.70 bits per heavy atom. The van der Waals surface area contributed by atoms with E-state index in [9.17, 15) is 14.4 Å². The number of carbonyl (C=O) groups is 2. The summed E-state index contributed by atoms with van der Waals surface area (Å²) >= 11 is 0. The molecule has 1 aromatic heterocycles. The van der Waals surface area contributed by atoms with Crippen molar-refractivity contribution in [2.45, 2.75) is 66.6 Å². The SMILES string of the molecule is Cc1cc(C)c(CNC(=O)c2cc(-c3ccc(CN(C)C)cc3)cc(NC3CCN(C(=O)C(C)(C)C)CC3)c2C=N)c(=O)[nH]1. The number of nitrogens with one attached hydrogen (secondary N) is 4. The molecule has 3 aromatic rings. The van der Waals surface area contributed by atoms with Gasteiger partial charge in [-0.25, -0.2) is 0 Å². The van der Waals surface area contributed by atoms with E-state index in [0.29, 0.717) is 35.5 Å². The lowest BCUT2D eigenvalue weighted by molar-refractivity contribution is -0.140. The molecule has 0 radical (unpaired) electrons. The van der Waals surface area contributed by atoms with Crippen LogP contribution in [0, 0.1) is 24.7 Å². The average molecular weight is 599 g/mol. The second-order valence-electron chi connectivity index (χ2n) is 13.2. The Hall–Kier alpha value is -4.24. The fourth-order valence-electron chi connectivity index (χ4n) is 5.74. The Bertz CT molecular complexity index is 1580. The van der Waals surface area contributed by atoms with E-state index in [1.807, 2.05) is 71.8 Å². The van der Waals surface area contributed by atoms with Crippen LogP contribution < -0.4 is 16.2 Å². The van der Waals surface area contributed by atoms with Crippen molar-refractivity contribution in [2.75, 3.05) is 32.5 Å². The van der Waals surface area contributed by atoms with Crippen LogP contribution >= 0.6 is 0 Å². The van der Waals surface area contributed by atoms with Crippen molar-refractivity contribution in [3.63, 3.8) is 0 Å². The van der Waals surface area contributed by atoms with Gasteiger partial charge in [-0.3, -0.25) is 14.4 Å². The van der Waals surface area contributed by atoms with Gasteiger partial charge in [-0.2, -0.15) is 0 Å². The van der Waals surface area contributed by atoms with Crippen molar-refractivity contribution in [1.82, 2.24) is 20.1 Å². The first-order valence-corrected chi connectivity index (χ1v) is 15.2. The lowest BCUT2D eigenvalue weighted by atomic mass is 9.92. The molecule has 234 valence electrons. The molecule has 1 aliphatic heterocycles. The molecule has 0 bridgehead atoms. The molecule has 2 heterocycles. The van der Waals surface area contributed by atoms with Crippen LogP contribution in [0.25, 0.3) is 11.1 Å². The predicted octanol–water partition coefficient (Wildman–Crippen LogP) is 5.10. The van der Waals surface area contributed by atoms with Crippen molar-refractivity contribution in [3.05, 3.63) is 86.3 Å². The maximum Gasteiger partial charge on any atom is 0.253 e. The third-order valence-electron chi connectivity index (χ3n) is 8.06. The van der Waals surface area contributed by atoms with Crippen molar-refractivity contribution in [2.24, 2.45) is 5.41 Å². The van der Waals surface area contributed by atoms with Gasteiger partial charge < -0.3 is 30.8 Å². The van der Waals surface area contributed by atoms with Crippen LogP contribution in [0.1, 0.15) is 71.9 Å². The van der Waals surface area contributed by atoms with E-state index in [2.05, 4.69) is 44.8 Å². The van der Waals surface area contributed by atoms with Crippen molar-refractivity contribution in [1.29, 1.82) is 5.41 Å². The molecule has 4 rings (SSSR count). The summed E-state index contributed by atoms with van der Waals surface area (Å²) in [7, 11) is 4.06. The zero-order valence-electron chi connectivity index (χ0n) is 27.1. The molecule has 1 saturated heterocycles. The van der Waals surface area contributed by atoms with Gasteiger partial charge in [0.2, 0.25) is 5.91 Å². The maximum absolute atomic E-state index is 13.7. The Balaban J connectivity index is 1.65. The second-order valence-corrected chi connectivity index (χ2v) is 13.2. The smallest absolute Gasteiger partial charge is 0.253 e. The summed E-state index contributed by atoms with van der Waals surface area (Å²) in [5, 5.41) is 14.8. The molecule has 0 aliphatic carbocycles. The maximum atomic E-state index is 13.7. The van der Waals surface area contributed by atoms with Gasteiger partial charge in [-0.05, 0) is 81.2 Å². The quantitative estimate of drug-likeness (QED) is 0.256. The summed E-state index contributed by atoms with van der Waals surface area (Å²) < 4.78 is 0. The fourth-order valence-corrected chi connectivity index (χ4v) is 5.74. The van der Waals surface area contributed by atoms with Gasteiger partial charge in [-0.15, -0.1) is 0 Å². The molecule has 2 amide bonds. The van der Waals surface area contributed by atoms with E-state index >= 15 is 0 Å². The van der Waals surface area contributed by atoms with Crippen LogP contribution in [0.3, 0.4) is 0 Å². The number of aromatic amines is 1. The van der Waals surface area contributed by atoms with E-state index < -0.39 is 5.41 Å². The molecular formula is C35H46N6O3. The number of amides is 2. The number of piperidine rings is 1. The number of rotatable bonds is 9. The number of hydrogen-bond acceptors (Lipinski definition) is 6. The molecule has 0 spiro atoms. The molecule has 0 saturated carbocycles. The molecule has 1 aliphatic rings. The first-order valence-electron chi connectivity index (χ1n) is 15.2. The van der Waals surface area contributed by atoms with E-state index in [4.69, 9.17) is 5.41 Å². The molecule has 44 heavy (non-hydrogen) atoms. The second kappa shape index (κ2) is 13.6. The highest BCUT2D eigenvalue weighted by Gasteiger charge is 2.30. The van der Waals surface area contributed by atoms with Crippen LogP contribution in [0.2, 0.25) is 0 Å². The largest absolute Gasteiger partial charge is 0.382 e. The average Bonchev–Trinajstić information content (AvgIpc) is 2.95. The highest BCUT2D eigenvalue weighted by Crippen LogP contribution is 2.31. The summed E-state index contributed by atoms with van der Waals surface area (Å²) in [6.45, 7) is 11.7. The number of aryl methyl sites for hydroxylation is 2. The van der Waals surface area contributed by atoms with E-state index in [0.717, 1.165) is 41.8 Å². The molecule has 9 heteroatoms. The van der Waals surface area contributed by atoms with Gasteiger partial charge in [0.05, 0.1) is 5.56 Å². The molecule has 0 unspecified atom stereocenters. The normalized spacial score (nSPS) is 14.0. The minimum absolute atomic E-state index is 0.0736. The highest BCUT2D eigenvalue weighted by molar-refractivity contribution is 6.06. The van der Waals surface area contributed by atoms with Crippen LogP contribution in [0.15, 0.2) is 47.3 Å². The van der Waals surface area contributed by atoms with Crippen LogP contribution in [-0.2, 0) is 17.9 Å². The summed E-state index contributed by atoms with van der Waals surface area (Å²) in [5.41, 5.74) is 5.97. The number of hydrogen-bond donors (Lipinski definition) is 4. The van der Waals surface area contributed by atoms with Crippen molar-refractivity contribution >= 4 is 23.7 Å². The standard InChI is InChI=1S/C35H46N6O3/c1-22-16-23(2)38-33(43)30(22)20-37-32(42)28-17-26(25-10-8-24(9-11-25)21-40(6)7)18-31(29(28)19-36)39-27-12-14-41(15-13-27)34(44)35(3,4)5/h8-11,16-19,27,36,39H,12-15,20-21H2,1-7H3,(H,37,42)(H,38,43). The number of benzene rings is 2. The first kappa shape index (κ1) is 32.7. The number of likely N-dealkylation sites (tertiary alicyclic amines) is 1. The lowest BCUT2D eigenvalue weighted by Crippen LogP contribution is -2.46. The van der Waals surface area contributed by atoms with E-state index in [-0.39, 0.29) is 30.0 Å². The van der Waals surface area contributed by atoms with Gasteiger partial charge >= 0.3 is 0 Å². The summed E-state index contributed by atoms with van der Waals surface area (Å²) in [6, 6.07) is 14.1. The molecule has 1 fully saturated rings. The first-order chi connectivity index (χ1) is 20.8. The van der Waals surface area contributed by atoms with Crippen LogP contribution in [-0.4, -0.2) is 66.0 Å². The third kappa shape index (κ3) is 7.82. The number of anilines is 1. The molecule has 0 atom stereocenters. The minimum Gasteiger partial charge on any atom is -0.382 e. The Kier molecular flexibility index (Phi) is 10.1. The van der Waals surface area contributed by atoms with Crippen molar-refractivity contribution in [3.8, 4) is 11.1 Å². The topological polar surface area (TPSA) is 121 Å². The zero-order valence-corrected chi connectivity index (χ0v) is 27.1. The van der Waals surface area contributed by atoms with Gasteiger partial charge in [0.15, 0.2) is 0 Å². The zero-order chi connectivity index (χ0) is 32.2. The van der Waals surface area contributed by atoms with Gasteiger partial charge in [0, 0.05) is 66.4 Å². The minimum atomic E-state index is -0.422. The van der Waals surface area contributed by atoms with Crippen molar-refractivity contribution < 1.29 is 9.59 Å². The molecule has 4 N–H and O–H groups in total. The summed E-state index contributed by atoms with van der Waals surface area (Å²) in [5.74, 6) is -0.208. The Labute approximate surface area is 260 Å². The summed E-state index contributed by atoms with van der Waals surface area (Å²) in [4.78, 5) is 45.9. The predicted molar refractivity (Wildman–Crippen MR) is 178 cm³/mol. The Morgan fingerprint density at radius 1 is 1.05 bits per heavy atom. The molecular weight excluding hydrogens is 552 g/mol. The molecule has 9 nitrogen and oxygen atoms in total. The Morgan fingerprint density at radius 3 is 2.27 bits per heavy atom. The number of pyridine rings is 1. The van der Waals surface area contributed by atoms with Gasteiger partial charge in [-0.1, -0.05) is 45.0 Å². The lowest BCUT2D eigenvalue weighted by Gasteiger charge is -2.36. The van der Waals surface area contributed by atoms with Crippen LogP contribution in [0.4, 0.5) is 5.69 Å². The van der Waals surface area contributed by atoms with E-state index in [1.165, 1.54) is 11.8 Å². The van der Waals surface area contributed by atoms with Gasteiger partial charge in [0.25, 0.3) is 11.5 Å². The highest BCUT2D eigenvalue weighted by atomic mass is 16.2. The number of H-pyrrole nitrogens is 1. The summed E-state index contributed by atoms with van der Waals surface area (Å²) in [6.07, 6.45) is 2.74. The monoisotopic (exact) mass is 598 g/mol. The molecule has 2 aromatic carbocycles. The number of carbonyl (C=O) groups excluding carboxylic acids is 2. The van der Waals surface area contributed by atoms with E-state index in [1.54, 1.807) is 0 Å².